The molecule has 0 spiro atoms. The van der Waals surface area contributed by atoms with Crippen LogP contribution in [0.15, 0.2) is 23.2 Å². The minimum Gasteiger partial charge on any atom is -0.366 e. The van der Waals surface area contributed by atoms with Crippen LogP contribution in [0.1, 0.15) is 12.8 Å². The summed E-state index contributed by atoms with van der Waals surface area (Å²) in [5.41, 5.74) is 0.875. The van der Waals surface area contributed by atoms with E-state index in [1.807, 2.05) is 16.8 Å². The number of likely N-dealkylation sites (tertiary alicyclic amines) is 1. The zero-order valence-corrected chi connectivity index (χ0v) is 11.7. The number of anilines is 1. The highest BCUT2D eigenvalue weighted by atomic mass is 79.9. The molecule has 3 heterocycles. The quantitative estimate of drug-likeness (QED) is 0.938. The van der Waals surface area contributed by atoms with Gasteiger partial charge in [-0.3, -0.25) is 0 Å². The van der Waals surface area contributed by atoms with Crippen LogP contribution >= 0.6 is 15.9 Å². The Morgan fingerprint density at radius 2 is 2.17 bits per heavy atom. The van der Waals surface area contributed by atoms with Gasteiger partial charge in [0.05, 0.1) is 0 Å². The first-order valence-corrected chi connectivity index (χ1v) is 7.08. The van der Waals surface area contributed by atoms with Crippen LogP contribution < -0.4 is 5.32 Å². The van der Waals surface area contributed by atoms with E-state index in [4.69, 9.17) is 0 Å². The van der Waals surface area contributed by atoms with Gasteiger partial charge < -0.3 is 14.6 Å². The van der Waals surface area contributed by atoms with Gasteiger partial charge in [-0.15, -0.1) is 0 Å². The van der Waals surface area contributed by atoms with E-state index in [1.165, 1.54) is 25.9 Å². The molecule has 0 aliphatic carbocycles. The molecule has 18 heavy (non-hydrogen) atoms. The summed E-state index contributed by atoms with van der Waals surface area (Å²) in [5, 5.41) is 3.38. The summed E-state index contributed by atoms with van der Waals surface area (Å²) >= 11 is 3.42. The largest absolute Gasteiger partial charge is 0.366 e. The third-order valence-corrected chi connectivity index (χ3v) is 3.65. The third kappa shape index (κ3) is 2.49. The van der Waals surface area contributed by atoms with Crippen LogP contribution in [0.2, 0.25) is 0 Å². The molecule has 0 atom stereocenters. The van der Waals surface area contributed by atoms with Gasteiger partial charge in [0.15, 0.2) is 11.5 Å². The maximum Gasteiger partial charge on any atom is 0.180 e. The Morgan fingerprint density at radius 1 is 1.33 bits per heavy atom. The van der Waals surface area contributed by atoms with Crippen molar-refractivity contribution in [1.82, 2.24) is 19.3 Å². The summed E-state index contributed by atoms with van der Waals surface area (Å²) in [6.07, 6.45) is 8.29. The molecule has 5 nitrogen and oxygen atoms in total. The normalized spacial score (nSPS) is 16.5. The summed E-state index contributed by atoms with van der Waals surface area (Å²) in [6, 6.07) is 0. The number of nitrogens with one attached hydrogen (secondary N) is 1. The molecule has 0 saturated carbocycles. The summed E-state index contributed by atoms with van der Waals surface area (Å²) in [4.78, 5) is 11.2. The summed E-state index contributed by atoms with van der Waals surface area (Å²) in [7, 11) is 0. The molecule has 0 aromatic carbocycles. The Balaban J connectivity index is 1.67. The molecule has 0 unspecified atom stereocenters. The minimum atomic E-state index is 0.816. The summed E-state index contributed by atoms with van der Waals surface area (Å²) < 4.78 is 2.78. The molecule has 96 valence electrons. The van der Waals surface area contributed by atoms with Gasteiger partial charge in [-0.1, -0.05) is 0 Å². The van der Waals surface area contributed by atoms with Gasteiger partial charge in [-0.25, -0.2) is 9.97 Å². The van der Waals surface area contributed by atoms with Crippen molar-refractivity contribution < 1.29 is 0 Å². The Morgan fingerprint density at radius 3 is 3.00 bits per heavy atom. The molecule has 1 N–H and O–H groups in total. The number of hydrogen-bond donors (Lipinski definition) is 1. The zero-order valence-electron chi connectivity index (χ0n) is 10.1. The van der Waals surface area contributed by atoms with E-state index in [9.17, 15) is 0 Å². The smallest absolute Gasteiger partial charge is 0.180 e. The Bertz CT molecular complexity index is 532. The molecular weight excluding hydrogens is 294 g/mol. The Kier molecular flexibility index (Phi) is 3.47. The molecule has 2 aromatic rings. The topological polar surface area (TPSA) is 45.5 Å². The number of aromatic nitrogens is 3. The predicted octanol–water partition coefficient (Wildman–Crippen LogP) is 2.00. The summed E-state index contributed by atoms with van der Waals surface area (Å²) in [6.45, 7) is 4.44. The van der Waals surface area contributed by atoms with Crippen molar-refractivity contribution in [3.63, 3.8) is 0 Å². The van der Waals surface area contributed by atoms with Crippen molar-refractivity contribution in [3.05, 3.63) is 23.2 Å². The fraction of sp³-hybridized carbons (Fsp3) is 0.500. The van der Waals surface area contributed by atoms with Crippen molar-refractivity contribution in [2.45, 2.75) is 12.8 Å². The van der Waals surface area contributed by atoms with E-state index in [1.54, 1.807) is 6.20 Å². The highest BCUT2D eigenvalue weighted by Crippen LogP contribution is 2.16. The lowest BCUT2D eigenvalue weighted by atomic mass is 10.4. The lowest BCUT2D eigenvalue weighted by molar-refractivity contribution is 0.352. The van der Waals surface area contributed by atoms with E-state index in [0.29, 0.717) is 0 Å². The van der Waals surface area contributed by atoms with Crippen LogP contribution in [0.3, 0.4) is 0 Å². The van der Waals surface area contributed by atoms with Gasteiger partial charge in [-0.2, -0.15) is 0 Å². The molecular formula is C12H16BrN5. The van der Waals surface area contributed by atoms with Gasteiger partial charge in [0.1, 0.15) is 4.60 Å². The molecule has 1 aliphatic rings. The second kappa shape index (κ2) is 5.24. The van der Waals surface area contributed by atoms with Crippen LogP contribution in [0.25, 0.3) is 5.65 Å². The Labute approximate surface area is 114 Å². The van der Waals surface area contributed by atoms with Gasteiger partial charge in [0.2, 0.25) is 0 Å². The monoisotopic (exact) mass is 309 g/mol. The van der Waals surface area contributed by atoms with Crippen molar-refractivity contribution in [2.75, 3.05) is 31.5 Å². The minimum absolute atomic E-state index is 0.816. The first-order valence-electron chi connectivity index (χ1n) is 6.28. The van der Waals surface area contributed by atoms with Gasteiger partial charge in [-0.05, 0) is 41.9 Å². The lowest BCUT2D eigenvalue weighted by Gasteiger charge is -2.15. The second-order valence-electron chi connectivity index (χ2n) is 4.55. The molecule has 1 fully saturated rings. The van der Waals surface area contributed by atoms with Crippen molar-refractivity contribution in [3.8, 4) is 0 Å². The highest BCUT2D eigenvalue weighted by Gasteiger charge is 2.11. The van der Waals surface area contributed by atoms with Crippen molar-refractivity contribution in [2.24, 2.45) is 0 Å². The molecule has 2 aromatic heterocycles. The molecule has 0 bridgehead atoms. The number of rotatable bonds is 4. The Hall–Kier alpha value is -1.14. The number of imidazole rings is 1. The maximum atomic E-state index is 4.44. The van der Waals surface area contributed by atoms with E-state index in [-0.39, 0.29) is 0 Å². The number of nitrogens with zero attached hydrogens (tertiary/aromatic N) is 4. The second-order valence-corrected chi connectivity index (χ2v) is 5.36. The molecule has 1 aliphatic heterocycles. The number of halogens is 1. The standard InChI is InChI=1S/C12H16BrN5/c13-10-9-18-8-4-15-12(18)11(16-10)14-3-7-17-5-1-2-6-17/h4,8-9H,1-3,5-7H2,(H,14,16). The molecule has 0 radical (unpaired) electrons. The van der Waals surface area contributed by atoms with Gasteiger partial charge in [0, 0.05) is 31.7 Å². The average Bonchev–Trinajstić information content (AvgIpc) is 2.98. The van der Waals surface area contributed by atoms with Crippen LogP contribution in [0, 0.1) is 0 Å². The predicted molar refractivity (Wildman–Crippen MR) is 74.9 cm³/mol. The van der Waals surface area contributed by atoms with E-state index >= 15 is 0 Å². The fourth-order valence-electron chi connectivity index (χ4n) is 2.36. The van der Waals surface area contributed by atoms with Gasteiger partial charge >= 0.3 is 0 Å². The lowest BCUT2D eigenvalue weighted by Crippen LogP contribution is -2.26. The molecule has 1 saturated heterocycles. The number of hydrogen-bond acceptors (Lipinski definition) is 4. The van der Waals surface area contributed by atoms with Crippen molar-refractivity contribution >= 4 is 27.4 Å². The van der Waals surface area contributed by atoms with Crippen LogP contribution in [0.5, 0.6) is 0 Å². The molecule has 6 heteroatoms. The first kappa shape index (κ1) is 11.9. The molecule has 3 rings (SSSR count). The van der Waals surface area contributed by atoms with E-state index in [2.05, 4.69) is 36.1 Å². The zero-order chi connectivity index (χ0) is 12.4. The van der Waals surface area contributed by atoms with E-state index in [0.717, 1.165) is 29.2 Å². The van der Waals surface area contributed by atoms with Gasteiger partial charge in [0.25, 0.3) is 0 Å². The van der Waals surface area contributed by atoms with Crippen LogP contribution in [0.4, 0.5) is 5.82 Å². The number of fused-ring (bicyclic) bond motifs is 1. The average molecular weight is 310 g/mol. The highest BCUT2D eigenvalue weighted by molar-refractivity contribution is 9.10. The SMILES string of the molecule is Brc1cn2ccnc2c(NCCN2CCCC2)n1. The van der Waals surface area contributed by atoms with Crippen molar-refractivity contribution in [1.29, 1.82) is 0 Å². The van der Waals surface area contributed by atoms with Crippen LogP contribution in [-0.2, 0) is 0 Å². The maximum absolute atomic E-state index is 4.44. The fourth-order valence-corrected chi connectivity index (χ4v) is 2.76. The van der Waals surface area contributed by atoms with Crippen LogP contribution in [-0.4, -0.2) is 45.4 Å². The third-order valence-electron chi connectivity index (χ3n) is 3.26. The first-order chi connectivity index (χ1) is 8.83. The molecule has 0 amide bonds. The summed E-state index contributed by atoms with van der Waals surface area (Å²) in [5.74, 6) is 0.841. The van der Waals surface area contributed by atoms with E-state index < -0.39 is 0 Å².